The highest BCUT2D eigenvalue weighted by Crippen LogP contribution is 2.16. The first-order valence-electron chi connectivity index (χ1n) is 8.09. The first-order chi connectivity index (χ1) is 12.5. The number of hydrogen-bond donors (Lipinski definition) is 1. The molecule has 0 aliphatic rings. The molecule has 5 nitrogen and oxygen atoms in total. The summed E-state index contributed by atoms with van der Waals surface area (Å²) in [6.45, 7) is 2.32. The number of aryl methyl sites for hydroxylation is 1. The number of nitrogens with one attached hydrogen (secondary N) is 1. The minimum Gasteiger partial charge on any atom is -0.352 e. The summed E-state index contributed by atoms with van der Waals surface area (Å²) in [4.78, 5) is 29.3. The Labute approximate surface area is 164 Å². The fourth-order valence-electron chi connectivity index (χ4n) is 2.44. The molecule has 0 saturated heterocycles. The summed E-state index contributed by atoms with van der Waals surface area (Å²) in [7, 11) is 0. The second-order valence-corrected chi connectivity index (χ2v) is 8.10. The highest BCUT2D eigenvalue weighted by Gasteiger charge is 2.08. The van der Waals surface area contributed by atoms with Gasteiger partial charge in [0.1, 0.15) is 0 Å². The van der Waals surface area contributed by atoms with Crippen LogP contribution in [0.15, 0.2) is 40.5 Å². The summed E-state index contributed by atoms with van der Waals surface area (Å²) < 4.78 is 1.61. The van der Waals surface area contributed by atoms with Crippen LogP contribution in [0.3, 0.4) is 0 Å². The van der Waals surface area contributed by atoms with Crippen molar-refractivity contribution in [2.75, 3.05) is 5.75 Å². The SMILES string of the molecule is Cc1csc2nc(CSCCC(=O)NCc3ccccc3Cl)cc(=O)n12. The Morgan fingerprint density at radius 1 is 1.38 bits per heavy atom. The Balaban J connectivity index is 1.44. The molecule has 0 radical (unpaired) electrons. The van der Waals surface area contributed by atoms with Gasteiger partial charge in [-0.05, 0) is 18.6 Å². The molecule has 0 aliphatic heterocycles. The van der Waals surface area contributed by atoms with E-state index in [1.807, 2.05) is 30.5 Å². The average Bonchev–Trinajstić information content (AvgIpc) is 2.99. The number of carbonyl (C=O) groups excluding carboxylic acids is 1. The van der Waals surface area contributed by atoms with Crippen molar-refractivity contribution in [1.82, 2.24) is 14.7 Å². The van der Waals surface area contributed by atoms with Crippen LogP contribution in [0.2, 0.25) is 5.02 Å². The van der Waals surface area contributed by atoms with Gasteiger partial charge in [-0.1, -0.05) is 29.8 Å². The third kappa shape index (κ3) is 4.66. The van der Waals surface area contributed by atoms with Crippen molar-refractivity contribution in [3.63, 3.8) is 0 Å². The molecule has 3 rings (SSSR count). The van der Waals surface area contributed by atoms with E-state index < -0.39 is 0 Å². The van der Waals surface area contributed by atoms with Crippen molar-refractivity contribution in [2.24, 2.45) is 0 Å². The number of halogens is 1. The van der Waals surface area contributed by atoms with E-state index in [4.69, 9.17) is 11.6 Å². The molecule has 0 unspecified atom stereocenters. The van der Waals surface area contributed by atoms with Crippen LogP contribution in [0.5, 0.6) is 0 Å². The highest BCUT2D eigenvalue weighted by molar-refractivity contribution is 7.98. The molecule has 0 bridgehead atoms. The number of thiazole rings is 1. The van der Waals surface area contributed by atoms with Crippen LogP contribution in [0.25, 0.3) is 4.96 Å². The quantitative estimate of drug-likeness (QED) is 0.607. The van der Waals surface area contributed by atoms with E-state index in [-0.39, 0.29) is 11.5 Å². The van der Waals surface area contributed by atoms with Crippen molar-refractivity contribution < 1.29 is 4.79 Å². The van der Waals surface area contributed by atoms with E-state index in [0.29, 0.717) is 34.5 Å². The van der Waals surface area contributed by atoms with E-state index >= 15 is 0 Å². The lowest BCUT2D eigenvalue weighted by atomic mass is 10.2. The van der Waals surface area contributed by atoms with Crippen LogP contribution in [-0.2, 0) is 17.1 Å². The molecule has 3 aromatic rings. The van der Waals surface area contributed by atoms with Gasteiger partial charge < -0.3 is 5.32 Å². The topological polar surface area (TPSA) is 63.5 Å². The number of aromatic nitrogens is 2. The van der Waals surface area contributed by atoms with Gasteiger partial charge in [0.2, 0.25) is 5.91 Å². The lowest BCUT2D eigenvalue weighted by Gasteiger charge is -2.07. The number of rotatable bonds is 7. The van der Waals surface area contributed by atoms with E-state index in [1.165, 1.54) is 11.3 Å². The van der Waals surface area contributed by atoms with Crippen LogP contribution in [0, 0.1) is 6.92 Å². The zero-order valence-electron chi connectivity index (χ0n) is 14.2. The lowest BCUT2D eigenvalue weighted by molar-refractivity contribution is -0.120. The Morgan fingerprint density at radius 3 is 3.00 bits per heavy atom. The molecule has 8 heteroatoms. The number of nitrogens with zero attached hydrogens (tertiary/aromatic N) is 2. The van der Waals surface area contributed by atoms with Gasteiger partial charge in [0.15, 0.2) is 4.96 Å². The summed E-state index contributed by atoms with van der Waals surface area (Å²) in [5.74, 6) is 1.26. The first-order valence-corrected chi connectivity index (χ1v) is 10.5. The Kier molecular flexibility index (Phi) is 6.34. The number of fused-ring (bicyclic) bond motifs is 1. The molecule has 0 spiro atoms. The molecule has 1 aromatic carbocycles. The molecule has 1 N–H and O–H groups in total. The van der Waals surface area contributed by atoms with Gasteiger partial charge >= 0.3 is 0 Å². The molecule has 2 heterocycles. The van der Waals surface area contributed by atoms with Crippen molar-refractivity contribution in [3.05, 3.63) is 68.0 Å². The smallest absolute Gasteiger partial charge is 0.258 e. The zero-order chi connectivity index (χ0) is 18.5. The van der Waals surface area contributed by atoms with Crippen molar-refractivity contribution in [3.8, 4) is 0 Å². The van der Waals surface area contributed by atoms with Crippen LogP contribution in [0.4, 0.5) is 0 Å². The van der Waals surface area contributed by atoms with Gasteiger partial charge in [0.25, 0.3) is 5.56 Å². The highest BCUT2D eigenvalue weighted by atomic mass is 35.5. The van der Waals surface area contributed by atoms with Crippen LogP contribution < -0.4 is 10.9 Å². The van der Waals surface area contributed by atoms with E-state index in [9.17, 15) is 9.59 Å². The third-order valence-corrected chi connectivity index (χ3v) is 6.09. The first kappa shape index (κ1) is 18.9. The van der Waals surface area contributed by atoms with Crippen molar-refractivity contribution in [1.29, 1.82) is 0 Å². The molecule has 0 saturated carbocycles. The van der Waals surface area contributed by atoms with Crippen LogP contribution >= 0.6 is 34.7 Å². The maximum atomic E-state index is 12.1. The molecule has 2 aromatic heterocycles. The summed E-state index contributed by atoms with van der Waals surface area (Å²) >= 11 is 9.12. The standard InChI is InChI=1S/C18H18ClN3O2S2/c1-12-10-26-18-21-14(8-17(24)22(12)18)11-25-7-6-16(23)20-9-13-4-2-3-5-15(13)19/h2-5,8,10H,6-7,9,11H2,1H3,(H,20,23). The van der Waals surface area contributed by atoms with Gasteiger partial charge in [0, 0.05) is 46.6 Å². The van der Waals surface area contributed by atoms with Gasteiger partial charge in [0.05, 0.1) is 5.69 Å². The normalized spacial score (nSPS) is 11.0. The second kappa shape index (κ2) is 8.70. The number of hydrogen-bond acceptors (Lipinski definition) is 5. The summed E-state index contributed by atoms with van der Waals surface area (Å²) in [5, 5.41) is 5.44. The summed E-state index contributed by atoms with van der Waals surface area (Å²) in [6, 6.07) is 9.02. The number of amides is 1. The third-order valence-electron chi connectivity index (χ3n) is 3.79. The van der Waals surface area contributed by atoms with Crippen molar-refractivity contribution >= 4 is 45.6 Å². The predicted molar refractivity (Wildman–Crippen MR) is 108 cm³/mol. The molecule has 1 amide bonds. The van der Waals surface area contributed by atoms with Gasteiger partial charge in [-0.3, -0.25) is 14.0 Å². The van der Waals surface area contributed by atoms with Crippen molar-refractivity contribution in [2.45, 2.75) is 25.6 Å². The van der Waals surface area contributed by atoms with E-state index in [0.717, 1.165) is 17.0 Å². The Bertz CT molecular complexity index is 984. The summed E-state index contributed by atoms with van der Waals surface area (Å²) in [6.07, 6.45) is 0.411. The largest absolute Gasteiger partial charge is 0.352 e. The molecular formula is C18H18ClN3O2S2. The van der Waals surface area contributed by atoms with Gasteiger partial charge in [-0.15, -0.1) is 11.3 Å². The second-order valence-electron chi connectivity index (χ2n) is 5.75. The number of benzene rings is 1. The minimum absolute atomic E-state index is 0.0187. The van der Waals surface area contributed by atoms with E-state index in [2.05, 4.69) is 10.3 Å². The monoisotopic (exact) mass is 407 g/mol. The predicted octanol–water partition coefficient (Wildman–Crippen LogP) is 3.66. The summed E-state index contributed by atoms with van der Waals surface area (Å²) in [5.41, 5.74) is 2.50. The minimum atomic E-state index is -0.0539. The number of carbonyl (C=O) groups is 1. The van der Waals surface area contributed by atoms with Gasteiger partial charge in [-0.2, -0.15) is 11.8 Å². The molecule has 0 fully saturated rings. The van der Waals surface area contributed by atoms with E-state index in [1.54, 1.807) is 28.3 Å². The fraction of sp³-hybridized carbons (Fsp3) is 0.278. The molecule has 136 valence electrons. The molecule has 26 heavy (non-hydrogen) atoms. The maximum Gasteiger partial charge on any atom is 0.258 e. The van der Waals surface area contributed by atoms with Gasteiger partial charge in [-0.25, -0.2) is 4.98 Å². The molecular weight excluding hydrogens is 390 g/mol. The Morgan fingerprint density at radius 2 is 2.19 bits per heavy atom. The fourth-order valence-corrected chi connectivity index (χ4v) is 4.36. The molecule has 0 aliphatic carbocycles. The maximum absolute atomic E-state index is 12.1. The average molecular weight is 408 g/mol. The van der Waals surface area contributed by atoms with Crippen LogP contribution in [-0.4, -0.2) is 21.0 Å². The lowest BCUT2D eigenvalue weighted by Crippen LogP contribution is -2.23. The molecule has 0 atom stereocenters. The Hall–Kier alpha value is -1.83. The van der Waals surface area contributed by atoms with Crippen LogP contribution in [0.1, 0.15) is 23.4 Å². The zero-order valence-corrected chi connectivity index (χ0v) is 16.6. The number of thioether (sulfide) groups is 1.